The van der Waals surface area contributed by atoms with Gasteiger partial charge in [-0.3, -0.25) is 0 Å². The van der Waals surface area contributed by atoms with Crippen molar-refractivity contribution in [2.24, 2.45) is 0 Å². The predicted molar refractivity (Wildman–Crippen MR) is 98.7 cm³/mol. The molecule has 0 radical (unpaired) electrons. The largest absolute Gasteiger partial charge is 0.497 e. The third kappa shape index (κ3) is 3.62. The number of rotatable bonds is 4. The van der Waals surface area contributed by atoms with Crippen LogP contribution in [0.1, 0.15) is 30.5 Å². The van der Waals surface area contributed by atoms with Crippen molar-refractivity contribution < 1.29 is 14.2 Å². The highest BCUT2D eigenvalue weighted by Crippen LogP contribution is 2.32. The smallest absolute Gasteiger partial charge is 0.127 e. The summed E-state index contributed by atoms with van der Waals surface area (Å²) in [6.45, 7) is 4.10. The van der Waals surface area contributed by atoms with E-state index in [1.54, 1.807) is 14.2 Å². The number of methoxy groups -OCH3 is 2. The fourth-order valence-corrected chi connectivity index (χ4v) is 2.62. The summed E-state index contributed by atoms with van der Waals surface area (Å²) in [5.74, 6) is 2.47. The monoisotopic (exact) mass is 322 g/mol. The average Bonchev–Trinajstić information content (AvgIpc) is 2.58. The topological polar surface area (TPSA) is 27.7 Å². The molecule has 1 aliphatic heterocycles. The zero-order valence-electron chi connectivity index (χ0n) is 14.5. The second-order valence-electron chi connectivity index (χ2n) is 6.32. The molecule has 0 fully saturated rings. The molecule has 0 unspecified atom stereocenters. The van der Waals surface area contributed by atoms with Crippen LogP contribution < -0.4 is 14.2 Å². The third-order valence-electron chi connectivity index (χ3n) is 3.91. The number of hydrogen-bond donors (Lipinski definition) is 0. The van der Waals surface area contributed by atoms with Gasteiger partial charge in [-0.15, -0.1) is 0 Å². The standard InChI is InChI=1S/C21H22O3/c1-21(2)10-9-17-11-15(7-8-20(17)24-21)5-6-16-12-18(22-3)14-19(13-16)23-4/h5-14H,1-4H3/b6-5+. The van der Waals surface area contributed by atoms with Crippen molar-refractivity contribution in [1.29, 1.82) is 0 Å². The predicted octanol–water partition coefficient (Wildman–Crippen LogP) is 5.06. The molecule has 124 valence electrons. The van der Waals surface area contributed by atoms with E-state index in [1.165, 1.54) is 0 Å². The van der Waals surface area contributed by atoms with Crippen molar-refractivity contribution in [2.75, 3.05) is 14.2 Å². The number of hydrogen-bond acceptors (Lipinski definition) is 3. The Balaban J connectivity index is 1.85. The zero-order chi connectivity index (χ0) is 17.2. The van der Waals surface area contributed by atoms with Crippen LogP contribution in [0.25, 0.3) is 18.2 Å². The molecule has 1 aliphatic rings. The summed E-state index contributed by atoms with van der Waals surface area (Å²) in [6, 6.07) is 12.0. The molecule has 0 N–H and O–H groups in total. The van der Waals surface area contributed by atoms with Crippen LogP contribution in [0.2, 0.25) is 0 Å². The second kappa shape index (κ2) is 6.44. The van der Waals surface area contributed by atoms with Gasteiger partial charge in [0.05, 0.1) is 14.2 Å². The molecular weight excluding hydrogens is 300 g/mol. The average molecular weight is 322 g/mol. The summed E-state index contributed by atoms with van der Waals surface area (Å²) in [5, 5.41) is 0. The minimum Gasteiger partial charge on any atom is -0.497 e. The van der Waals surface area contributed by atoms with E-state index in [0.29, 0.717) is 0 Å². The summed E-state index contributed by atoms with van der Waals surface area (Å²) >= 11 is 0. The summed E-state index contributed by atoms with van der Waals surface area (Å²) in [5.41, 5.74) is 2.99. The van der Waals surface area contributed by atoms with E-state index in [0.717, 1.165) is 33.9 Å². The normalized spacial score (nSPS) is 15.0. The van der Waals surface area contributed by atoms with Crippen molar-refractivity contribution in [1.82, 2.24) is 0 Å². The van der Waals surface area contributed by atoms with Crippen LogP contribution in [0.3, 0.4) is 0 Å². The molecule has 0 atom stereocenters. The van der Waals surface area contributed by atoms with Crippen molar-refractivity contribution >= 4 is 18.2 Å². The molecule has 0 aliphatic carbocycles. The lowest BCUT2D eigenvalue weighted by atomic mass is 10.0. The van der Waals surface area contributed by atoms with E-state index < -0.39 is 0 Å². The third-order valence-corrected chi connectivity index (χ3v) is 3.91. The van der Waals surface area contributed by atoms with Gasteiger partial charge in [-0.25, -0.2) is 0 Å². The lowest BCUT2D eigenvalue weighted by Gasteiger charge is -2.27. The Morgan fingerprint density at radius 3 is 2.21 bits per heavy atom. The second-order valence-corrected chi connectivity index (χ2v) is 6.32. The molecule has 0 spiro atoms. The summed E-state index contributed by atoms with van der Waals surface area (Å²) < 4.78 is 16.6. The van der Waals surface area contributed by atoms with Crippen molar-refractivity contribution in [2.45, 2.75) is 19.4 Å². The molecule has 0 saturated heterocycles. The molecule has 3 nitrogen and oxygen atoms in total. The van der Waals surface area contributed by atoms with Crippen LogP contribution >= 0.6 is 0 Å². The van der Waals surface area contributed by atoms with Crippen LogP contribution in [0.5, 0.6) is 17.2 Å². The Morgan fingerprint density at radius 2 is 1.54 bits per heavy atom. The van der Waals surface area contributed by atoms with Crippen LogP contribution in [0.4, 0.5) is 0 Å². The van der Waals surface area contributed by atoms with Crippen LogP contribution in [-0.4, -0.2) is 19.8 Å². The molecule has 0 saturated carbocycles. The molecular formula is C21H22O3. The van der Waals surface area contributed by atoms with Crippen LogP contribution in [0.15, 0.2) is 42.5 Å². The first-order valence-electron chi connectivity index (χ1n) is 7.92. The highest BCUT2D eigenvalue weighted by Gasteiger charge is 2.21. The SMILES string of the molecule is COc1cc(/C=C/c2ccc3c(c2)C=CC(C)(C)O3)cc(OC)c1. The van der Waals surface area contributed by atoms with Crippen molar-refractivity contribution in [3.63, 3.8) is 0 Å². The highest BCUT2D eigenvalue weighted by atomic mass is 16.5. The van der Waals surface area contributed by atoms with Crippen LogP contribution in [-0.2, 0) is 0 Å². The van der Waals surface area contributed by atoms with E-state index in [-0.39, 0.29) is 5.60 Å². The van der Waals surface area contributed by atoms with Crippen molar-refractivity contribution in [3.8, 4) is 17.2 Å². The maximum Gasteiger partial charge on any atom is 0.127 e. The quantitative estimate of drug-likeness (QED) is 0.737. The Labute approximate surface area is 143 Å². The molecule has 0 aromatic heterocycles. The molecule has 0 bridgehead atoms. The van der Waals surface area contributed by atoms with Gasteiger partial charge in [-0.2, -0.15) is 0 Å². The fourth-order valence-electron chi connectivity index (χ4n) is 2.62. The Bertz CT molecular complexity index is 778. The van der Waals surface area contributed by atoms with Gasteiger partial charge >= 0.3 is 0 Å². The van der Waals surface area contributed by atoms with Gasteiger partial charge in [0.25, 0.3) is 0 Å². The molecule has 3 heteroatoms. The van der Waals surface area contributed by atoms with E-state index in [1.807, 2.05) is 30.3 Å². The number of benzene rings is 2. The highest BCUT2D eigenvalue weighted by molar-refractivity contribution is 5.74. The minimum atomic E-state index is -0.249. The zero-order valence-corrected chi connectivity index (χ0v) is 14.5. The maximum atomic E-state index is 5.95. The van der Waals surface area contributed by atoms with Gasteiger partial charge in [0.15, 0.2) is 0 Å². The summed E-state index contributed by atoms with van der Waals surface area (Å²) in [4.78, 5) is 0. The maximum absolute atomic E-state index is 5.95. The molecule has 24 heavy (non-hydrogen) atoms. The van der Waals surface area contributed by atoms with Gasteiger partial charge in [0.2, 0.25) is 0 Å². The van der Waals surface area contributed by atoms with Gasteiger partial charge in [0, 0.05) is 11.6 Å². The van der Waals surface area contributed by atoms with Crippen LogP contribution in [0, 0.1) is 0 Å². The summed E-state index contributed by atoms with van der Waals surface area (Å²) in [6.07, 6.45) is 8.31. The molecule has 2 aromatic carbocycles. The van der Waals surface area contributed by atoms with Crippen molar-refractivity contribution in [3.05, 3.63) is 59.2 Å². The lowest BCUT2D eigenvalue weighted by molar-refractivity contribution is 0.159. The van der Waals surface area contributed by atoms with E-state index in [2.05, 4.69) is 44.2 Å². The van der Waals surface area contributed by atoms with E-state index >= 15 is 0 Å². The molecule has 3 rings (SSSR count). The Morgan fingerprint density at radius 1 is 0.875 bits per heavy atom. The van der Waals surface area contributed by atoms with E-state index in [4.69, 9.17) is 14.2 Å². The summed E-state index contributed by atoms with van der Waals surface area (Å²) in [7, 11) is 3.30. The van der Waals surface area contributed by atoms with E-state index in [9.17, 15) is 0 Å². The first kappa shape index (κ1) is 16.2. The minimum absolute atomic E-state index is 0.249. The number of fused-ring (bicyclic) bond motifs is 1. The van der Waals surface area contributed by atoms with Gasteiger partial charge in [0.1, 0.15) is 22.8 Å². The van der Waals surface area contributed by atoms with Gasteiger partial charge in [-0.05, 0) is 55.3 Å². The molecule has 1 heterocycles. The first-order valence-corrected chi connectivity index (χ1v) is 7.92. The Hall–Kier alpha value is -2.68. The Kier molecular flexibility index (Phi) is 4.34. The molecule has 2 aromatic rings. The molecule has 0 amide bonds. The number of ether oxygens (including phenoxy) is 3. The first-order chi connectivity index (χ1) is 11.5. The van der Waals surface area contributed by atoms with Gasteiger partial charge < -0.3 is 14.2 Å². The lowest BCUT2D eigenvalue weighted by Crippen LogP contribution is -2.27. The van der Waals surface area contributed by atoms with Gasteiger partial charge in [-0.1, -0.05) is 24.3 Å². The fraction of sp³-hybridized carbons (Fsp3) is 0.238.